The van der Waals surface area contributed by atoms with Crippen molar-refractivity contribution in [3.8, 4) is 5.75 Å². The highest BCUT2D eigenvalue weighted by atomic mass is 79.9. The third-order valence-electron chi connectivity index (χ3n) is 2.49. The first-order valence-electron chi connectivity index (χ1n) is 5.43. The Morgan fingerprint density at radius 3 is 2.82 bits per heavy atom. The van der Waals surface area contributed by atoms with Crippen molar-refractivity contribution in [3.05, 3.63) is 28.2 Å². The summed E-state index contributed by atoms with van der Waals surface area (Å²) in [5.41, 5.74) is 0.279. The van der Waals surface area contributed by atoms with E-state index in [0.29, 0.717) is 5.88 Å². The van der Waals surface area contributed by atoms with Crippen LogP contribution in [-0.2, 0) is 0 Å². The highest BCUT2D eigenvalue weighted by Gasteiger charge is 2.14. The minimum absolute atomic E-state index is 0.0300. The Hall–Kier alpha value is -0.740. The lowest BCUT2D eigenvalue weighted by Gasteiger charge is -2.16. The molecule has 1 rings (SSSR count). The van der Waals surface area contributed by atoms with Gasteiger partial charge in [0.25, 0.3) is 5.91 Å². The Bertz CT molecular complexity index is 398. The number of alkyl halides is 1. The van der Waals surface area contributed by atoms with E-state index in [1.54, 1.807) is 12.1 Å². The SMILES string of the molecule is CCC(CCCl)NC(=O)c1ccc(Br)cc1O. The van der Waals surface area contributed by atoms with Crippen molar-refractivity contribution in [2.75, 3.05) is 5.88 Å². The second-order valence-corrected chi connectivity index (χ2v) is 5.01. The molecule has 0 aliphatic rings. The Kier molecular flexibility index (Phi) is 5.78. The van der Waals surface area contributed by atoms with Gasteiger partial charge in [-0.25, -0.2) is 0 Å². The van der Waals surface area contributed by atoms with Crippen LogP contribution in [0.15, 0.2) is 22.7 Å². The number of phenolic OH excluding ortho intramolecular Hbond substituents is 1. The van der Waals surface area contributed by atoms with E-state index in [1.165, 1.54) is 6.07 Å². The van der Waals surface area contributed by atoms with Crippen LogP contribution in [0.5, 0.6) is 5.75 Å². The van der Waals surface area contributed by atoms with Crippen LogP contribution >= 0.6 is 27.5 Å². The van der Waals surface area contributed by atoms with Gasteiger partial charge in [0, 0.05) is 16.4 Å². The van der Waals surface area contributed by atoms with Crippen LogP contribution in [-0.4, -0.2) is 22.9 Å². The second-order valence-electron chi connectivity index (χ2n) is 3.72. The van der Waals surface area contributed by atoms with Gasteiger partial charge in [-0.2, -0.15) is 0 Å². The lowest BCUT2D eigenvalue weighted by atomic mass is 10.1. The molecule has 5 heteroatoms. The number of phenols is 1. The zero-order valence-electron chi connectivity index (χ0n) is 9.54. The average Bonchev–Trinajstić information content (AvgIpc) is 2.28. The first-order chi connectivity index (χ1) is 8.08. The highest BCUT2D eigenvalue weighted by Crippen LogP contribution is 2.22. The number of benzene rings is 1. The fourth-order valence-electron chi connectivity index (χ4n) is 1.47. The van der Waals surface area contributed by atoms with Crippen LogP contribution in [0.2, 0.25) is 0 Å². The summed E-state index contributed by atoms with van der Waals surface area (Å²) in [6.45, 7) is 1.99. The highest BCUT2D eigenvalue weighted by molar-refractivity contribution is 9.10. The molecule has 0 radical (unpaired) electrons. The number of amides is 1. The molecule has 0 saturated carbocycles. The summed E-state index contributed by atoms with van der Waals surface area (Å²) < 4.78 is 0.736. The first-order valence-corrected chi connectivity index (χ1v) is 6.76. The predicted octanol–water partition coefficient (Wildman–Crippen LogP) is 3.29. The molecule has 0 spiro atoms. The molecular weight excluding hydrogens is 305 g/mol. The van der Waals surface area contributed by atoms with E-state index < -0.39 is 0 Å². The zero-order valence-corrected chi connectivity index (χ0v) is 11.9. The molecule has 0 aromatic heterocycles. The van der Waals surface area contributed by atoms with Gasteiger partial charge in [0.15, 0.2) is 0 Å². The number of rotatable bonds is 5. The monoisotopic (exact) mass is 319 g/mol. The van der Waals surface area contributed by atoms with Crippen LogP contribution in [0.1, 0.15) is 30.1 Å². The third-order valence-corrected chi connectivity index (χ3v) is 3.20. The summed E-state index contributed by atoms with van der Waals surface area (Å²) in [6, 6.07) is 4.85. The van der Waals surface area contributed by atoms with Gasteiger partial charge in [-0.1, -0.05) is 22.9 Å². The van der Waals surface area contributed by atoms with E-state index in [-0.39, 0.29) is 23.3 Å². The Balaban J connectivity index is 2.75. The molecule has 2 N–H and O–H groups in total. The van der Waals surface area contributed by atoms with Crippen molar-refractivity contribution in [3.63, 3.8) is 0 Å². The quantitative estimate of drug-likeness (QED) is 0.818. The van der Waals surface area contributed by atoms with Gasteiger partial charge >= 0.3 is 0 Å². The Labute approximate surface area is 114 Å². The van der Waals surface area contributed by atoms with E-state index >= 15 is 0 Å². The smallest absolute Gasteiger partial charge is 0.255 e. The van der Waals surface area contributed by atoms with Gasteiger partial charge in [-0.15, -0.1) is 11.6 Å². The molecule has 0 fully saturated rings. The molecule has 1 amide bonds. The van der Waals surface area contributed by atoms with Crippen molar-refractivity contribution >= 4 is 33.4 Å². The predicted molar refractivity (Wildman–Crippen MR) is 72.7 cm³/mol. The minimum Gasteiger partial charge on any atom is -0.507 e. The maximum atomic E-state index is 11.9. The Morgan fingerprint density at radius 2 is 2.29 bits per heavy atom. The molecule has 0 saturated heterocycles. The molecule has 0 heterocycles. The van der Waals surface area contributed by atoms with Crippen LogP contribution in [0.3, 0.4) is 0 Å². The molecule has 0 aliphatic heterocycles. The normalized spacial score (nSPS) is 12.2. The fraction of sp³-hybridized carbons (Fsp3) is 0.417. The van der Waals surface area contributed by atoms with Crippen molar-refractivity contribution in [1.82, 2.24) is 5.32 Å². The fourth-order valence-corrected chi connectivity index (χ4v) is 2.08. The first kappa shape index (κ1) is 14.3. The van der Waals surface area contributed by atoms with E-state index in [9.17, 15) is 9.90 Å². The maximum absolute atomic E-state index is 11.9. The maximum Gasteiger partial charge on any atom is 0.255 e. The summed E-state index contributed by atoms with van der Waals surface area (Å²) >= 11 is 8.88. The van der Waals surface area contributed by atoms with Gasteiger partial charge in [-0.05, 0) is 31.0 Å². The number of aromatic hydroxyl groups is 1. The van der Waals surface area contributed by atoms with E-state index in [0.717, 1.165) is 17.3 Å². The van der Waals surface area contributed by atoms with Gasteiger partial charge in [-0.3, -0.25) is 4.79 Å². The number of hydrogen-bond acceptors (Lipinski definition) is 2. The van der Waals surface area contributed by atoms with E-state index in [4.69, 9.17) is 11.6 Å². The number of halogens is 2. The zero-order chi connectivity index (χ0) is 12.8. The Morgan fingerprint density at radius 1 is 1.59 bits per heavy atom. The molecule has 0 bridgehead atoms. The average molecular weight is 321 g/mol. The third kappa shape index (κ3) is 4.21. The summed E-state index contributed by atoms with van der Waals surface area (Å²) in [7, 11) is 0. The molecule has 94 valence electrons. The molecule has 0 aliphatic carbocycles. The molecule has 17 heavy (non-hydrogen) atoms. The topological polar surface area (TPSA) is 49.3 Å². The van der Waals surface area contributed by atoms with Crippen LogP contribution in [0.25, 0.3) is 0 Å². The molecule has 3 nitrogen and oxygen atoms in total. The van der Waals surface area contributed by atoms with Crippen molar-refractivity contribution in [2.45, 2.75) is 25.8 Å². The largest absolute Gasteiger partial charge is 0.507 e. The van der Waals surface area contributed by atoms with Gasteiger partial charge < -0.3 is 10.4 Å². The summed E-state index contributed by atoms with van der Waals surface area (Å²) in [6.07, 6.45) is 1.54. The second kappa shape index (κ2) is 6.87. The summed E-state index contributed by atoms with van der Waals surface area (Å²) in [5.74, 6) is 0.204. The summed E-state index contributed by atoms with van der Waals surface area (Å²) in [5, 5.41) is 12.5. The van der Waals surface area contributed by atoms with Crippen LogP contribution in [0.4, 0.5) is 0 Å². The van der Waals surface area contributed by atoms with Crippen LogP contribution in [0, 0.1) is 0 Å². The molecule has 1 aromatic rings. The number of hydrogen-bond donors (Lipinski definition) is 2. The molecule has 1 atom stereocenters. The molecule has 1 aromatic carbocycles. The number of nitrogens with one attached hydrogen (secondary N) is 1. The van der Waals surface area contributed by atoms with Crippen molar-refractivity contribution in [2.24, 2.45) is 0 Å². The lowest BCUT2D eigenvalue weighted by Crippen LogP contribution is -2.34. The summed E-state index contributed by atoms with van der Waals surface area (Å²) in [4.78, 5) is 11.9. The standard InChI is InChI=1S/C12H15BrClNO2/c1-2-9(5-6-14)15-12(17)10-4-3-8(13)7-11(10)16/h3-4,7,9,16H,2,5-6H2,1H3,(H,15,17). The van der Waals surface area contributed by atoms with Gasteiger partial charge in [0.1, 0.15) is 5.75 Å². The minimum atomic E-state index is -0.271. The van der Waals surface area contributed by atoms with E-state index in [2.05, 4.69) is 21.2 Å². The van der Waals surface area contributed by atoms with E-state index in [1.807, 2.05) is 6.92 Å². The van der Waals surface area contributed by atoms with Crippen molar-refractivity contribution in [1.29, 1.82) is 0 Å². The number of carbonyl (C=O) groups is 1. The molecular formula is C12H15BrClNO2. The van der Waals surface area contributed by atoms with Gasteiger partial charge in [0.2, 0.25) is 0 Å². The lowest BCUT2D eigenvalue weighted by molar-refractivity contribution is 0.0932. The molecule has 1 unspecified atom stereocenters. The van der Waals surface area contributed by atoms with Crippen LogP contribution < -0.4 is 5.32 Å². The van der Waals surface area contributed by atoms with Crippen molar-refractivity contribution < 1.29 is 9.90 Å². The van der Waals surface area contributed by atoms with Gasteiger partial charge in [0.05, 0.1) is 5.56 Å². The number of carbonyl (C=O) groups excluding carboxylic acids is 1.